The second kappa shape index (κ2) is 11.3. The maximum Gasteiger partial charge on any atom is 0.242 e. The van der Waals surface area contributed by atoms with Crippen LogP contribution in [0.25, 0.3) is 0 Å². The Morgan fingerprint density at radius 3 is 2.57 bits per heavy atom. The molecule has 0 aliphatic heterocycles. The van der Waals surface area contributed by atoms with E-state index in [4.69, 9.17) is 16.3 Å². The Morgan fingerprint density at radius 1 is 1.14 bits per heavy atom. The topological polar surface area (TPSA) is 58.6 Å². The van der Waals surface area contributed by atoms with Crippen molar-refractivity contribution in [3.05, 3.63) is 65.2 Å². The van der Waals surface area contributed by atoms with Gasteiger partial charge in [0.1, 0.15) is 11.8 Å². The molecule has 0 radical (unpaired) electrons. The summed E-state index contributed by atoms with van der Waals surface area (Å²) in [7, 11) is 0. The molecule has 0 heterocycles. The fraction of sp³-hybridized carbons (Fsp3) is 0.364. The van der Waals surface area contributed by atoms with Gasteiger partial charge in [-0.2, -0.15) is 0 Å². The van der Waals surface area contributed by atoms with Crippen molar-refractivity contribution in [3.63, 3.8) is 0 Å². The van der Waals surface area contributed by atoms with Crippen molar-refractivity contribution in [3.8, 4) is 5.75 Å². The molecule has 0 saturated heterocycles. The highest BCUT2D eigenvalue weighted by Crippen LogP contribution is 2.16. The predicted octanol–water partition coefficient (Wildman–Crippen LogP) is 4.05. The van der Waals surface area contributed by atoms with Crippen LogP contribution in [0.15, 0.2) is 54.6 Å². The Balaban J connectivity index is 1.98. The molecule has 2 aromatic rings. The first-order valence-corrected chi connectivity index (χ1v) is 9.88. The third kappa shape index (κ3) is 6.89. The lowest BCUT2D eigenvalue weighted by Crippen LogP contribution is -2.47. The Morgan fingerprint density at radius 2 is 1.89 bits per heavy atom. The Kier molecular flexibility index (Phi) is 8.82. The first-order valence-electron chi connectivity index (χ1n) is 9.50. The third-order valence-electron chi connectivity index (χ3n) is 4.31. The van der Waals surface area contributed by atoms with E-state index in [-0.39, 0.29) is 11.8 Å². The number of amides is 2. The summed E-state index contributed by atoms with van der Waals surface area (Å²) in [5.41, 5.74) is 0.887. The van der Waals surface area contributed by atoms with E-state index < -0.39 is 6.04 Å². The molecular weight excluding hydrogens is 376 g/mol. The van der Waals surface area contributed by atoms with Crippen molar-refractivity contribution >= 4 is 23.4 Å². The molecule has 1 N–H and O–H groups in total. The molecule has 0 spiro atoms. The summed E-state index contributed by atoms with van der Waals surface area (Å²) >= 11 is 6.06. The summed E-state index contributed by atoms with van der Waals surface area (Å²) < 4.78 is 5.65. The highest BCUT2D eigenvalue weighted by Gasteiger charge is 2.25. The number of nitrogens with zero attached hydrogens (tertiary/aromatic N) is 1. The van der Waals surface area contributed by atoms with Gasteiger partial charge in [0.15, 0.2) is 0 Å². The van der Waals surface area contributed by atoms with Crippen LogP contribution in [0, 0.1) is 0 Å². The fourth-order valence-corrected chi connectivity index (χ4v) is 3.02. The largest absolute Gasteiger partial charge is 0.494 e. The van der Waals surface area contributed by atoms with Gasteiger partial charge in [-0.3, -0.25) is 9.59 Å². The van der Waals surface area contributed by atoms with E-state index in [1.54, 1.807) is 17.9 Å². The highest BCUT2D eigenvalue weighted by atomic mass is 35.5. The Bertz CT molecular complexity index is 767. The number of ether oxygens (including phenoxy) is 1. The number of benzene rings is 2. The van der Waals surface area contributed by atoms with Crippen LogP contribution >= 0.6 is 11.6 Å². The number of rotatable bonds is 10. The normalized spacial score (nSPS) is 11.5. The molecule has 0 aliphatic rings. The fourth-order valence-electron chi connectivity index (χ4n) is 2.81. The SMILES string of the molecule is CCNC(=O)[C@@H](C)N(Cc1cccc(Cl)c1)C(=O)CCCOc1ccccc1. The number of hydrogen-bond acceptors (Lipinski definition) is 3. The van der Waals surface area contributed by atoms with Gasteiger partial charge < -0.3 is 15.0 Å². The van der Waals surface area contributed by atoms with E-state index in [2.05, 4.69) is 5.32 Å². The molecule has 2 amide bonds. The summed E-state index contributed by atoms with van der Waals surface area (Å²) in [5.74, 6) is 0.523. The number of carbonyl (C=O) groups is 2. The van der Waals surface area contributed by atoms with Gasteiger partial charge in [-0.05, 0) is 50.1 Å². The molecule has 0 fully saturated rings. The van der Waals surface area contributed by atoms with Crippen molar-refractivity contribution in [2.75, 3.05) is 13.2 Å². The third-order valence-corrected chi connectivity index (χ3v) is 4.54. The number of likely N-dealkylation sites (N-methyl/N-ethyl adjacent to an activating group) is 1. The average molecular weight is 403 g/mol. The van der Waals surface area contributed by atoms with Gasteiger partial charge >= 0.3 is 0 Å². The molecule has 2 aromatic carbocycles. The minimum atomic E-state index is -0.568. The molecule has 28 heavy (non-hydrogen) atoms. The zero-order valence-electron chi connectivity index (χ0n) is 16.4. The molecule has 150 valence electrons. The average Bonchev–Trinajstić information content (AvgIpc) is 2.70. The number of para-hydroxylation sites is 1. The molecule has 1 atom stereocenters. The molecule has 0 saturated carbocycles. The first kappa shape index (κ1) is 21.8. The first-order chi connectivity index (χ1) is 13.5. The summed E-state index contributed by atoms with van der Waals surface area (Å²) in [4.78, 5) is 26.8. The van der Waals surface area contributed by atoms with E-state index in [1.807, 2.05) is 55.5 Å². The zero-order chi connectivity index (χ0) is 20.4. The van der Waals surface area contributed by atoms with Crippen LogP contribution in [-0.4, -0.2) is 35.9 Å². The van der Waals surface area contributed by atoms with Crippen LogP contribution in [0.3, 0.4) is 0 Å². The van der Waals surface area contributed by atoms with E-state index in [1.165, 1.54) is 0 Å². The van der Waals surface area contributed by atoms with E-state index in [0.29, 0.717) is 37.6 Å². The minimum absolute atomic E-state index is 0.0876. The predicted molar refractivity (Wildman–Crippen MR) is 111 cm³/mol. The van der Waals surface area contributed by atoms with Crippen LogP contribution in [0.2, 0.25) is 5.02 Å². The van der Waals surface area contributed by atoms with Gasteiger partial charge in [-0.15, -0.1) is 0 Å². The standard InChI is InChI=1S/C22H27ClN2O3/c1-3-24-22(27)17(2)25(16-18-9-7-10-19(23)15-18)21(26)13-8-14-28-20-11-5-4-6-12-20/h4-7,9-12,15,17H,3,8,13-14,16H2,1-2H3,(H,24,27)/t17-/m1/s1. The van der Waals surface area contributed by atoms with Crippen LogP contribution in [0.1, 0.15) is 32.3 Å². The van der Waals surface area contributed by atoms with Crippen molar-refractivity contribution in [2.45, 2.75) is 39.3 Å². The number of hydrogen-bond donors (Lipinski definition) is 1. The molecule has 2 rings (SSSR count). The van der Waals surface area contributed by atoms with E-state index >= 15 is 0 Å². The van der Waals surface area contributed by atoms with Gasteiger partial charge in [0.2, 0.25) is 11.8 Å². The molecular formula is C22H27ClN2O3. The quantitative estimate of drug-likeness (QED) is 0.610. The smallest absolute Gasteiger partial charge is 0.242 e. The minimum Gasteiger partial charge on any atom is -0.494 e. The zero-order valence-corrected chi connectivity index (χ0v) is 17.1. The number of carbonyl (C=O) groups excluding carboxylic acids is 2. The van der Waals surface area contributed by atoms with Gasteiger partial charge in [0.25, 0.3) is 0 Å². The Labute approximate surface area is 171 Å². The number of nitrogens with one attached hydrogen (secondary N) is 1. The molecule has 0 bridgehead atoms. The summed E-state index contributed by atoms with van der Waals surface area (Å²) in [5, 5.41) is 3.39. The van der Waals surface area contributed by atoms with Gasteiger partial charge in [-0.1, -0.05) is 41.9 Å². The van der Waals surface area contributed by atoms with Crippen LogP contribution < -0.4 is 10.1 Å². The lowest BCUT2D eigenvalue weighted by molar-refractivity contribution is -0.140. The lowest BCUT2D eigenvalue weighted by atomic mass is 10.1. The molecule has 0 aromatic heterocycles. The van der Waals surface area contributed by atoms with E-state index in [0.717, 1.165) is 11.3 Å². The molecule has 0 aliphatic carbocycles. The van der Waals surface area contributed by atoms with Gasteiger partial charge in [0, 0.05) is 24.5 Å². The lowest BCUT2D eigenvalue weighted by Gasteiger charge is -2.29. The molecule has 6 heteroatoms. The van der Waals surface area contributed by atoms with Crippen molar-refractivity contribution in [2.24, 2.45) is 0 Å². The monoisotopic (exact) mass is 402 g/mol. The summed E-state index contributed by atoms with van der Waals surface area (Å²) in [6.07, 6.45) is 0.874. The molecule has 0 unspecified atom stereocenters. The van der Waals surface area contributed by atoms with Crippen molar-refractivity contribution < 1.29 is 14.3 Å². The summed E-state index contributed by atoms with van der Waals surface area (Å²) in [6.45, 7) is 4.89. The van der Waals surface area contributed by atoms with Crippen LogP contribution in [0.5, 0.6) is 5.75 Å². The van der Waals surface area contributed by atoms with Crippen LogP contribution in [0.4, 0.5) is 0 Å². The number of halogens is 1. The second-order valence-corrected chi connectivity index (χ2v) is 6.92. The maximum absolute atomic E-state index is 12.9. The Hall–Kier alpha value is -2.53. The second-order valence-electron chi connectivity index (χ2n) is 6.49. The van der Waals surface area contributed by atoms with E-state index in [9.17, 15) is 9.59 Å². The van der Waals surface area contributed by atoms with Crippen molar-refractivity contribution in [1.82, 2.24) is 10.2 Å². The molecule has 5 nitrogen and oxygen atoms in total. The van der Waals surface area contributed by atoms with Gasteiger partial charge in [0.05, 0.1) is 6.61 Å². The van der Waals surface area contributed by atoms with Crippen LogP contribution in [-0.2, 0) is 16.1 Å². The maximum atomic E-state index is 12.9. The summed E-state index contributed by atoms with van der Waals surface area (Å²) in [6, 6.07) is 16.3. The van der Waals surface area contributed by atoms with Gasteiger partial charge in [-0.25, -0.2) is 0 Å². The van der Waals surface area contributed by atoms with Crippen molar-refractivity contribution in [1.29, 1.82) is 0 Å². The highest BCUT2D eigenvalue weighted by molar-refractivity contribution is 6.30.